The summed E-state index contributed by atoms with van der Waals surface area (Å²) in [7, 11) is -3.13. The van der Waals surface area contributed by atoms with Gasteiger partial charge in [0.05, 0.1) is 24.9 Å². The van der Waals surface area contributed by atoms with Crippen LogP contribution in [-0.4, -0.2) is 73.2 Å². The van der Waals surface area contributed by atoms with Gasteiger partial charge in [0.25, 0.3) is 0 Å². The van der Waals surface area contributed by atoms with E-state index in [0.29, 0.717) is 19.5 Å². The van der Waals surface area contributed by atoms with Gasteiger partial charge in [-0.25, -0.2) is 17.1 Å². The third-order valence-corrected chi connectivity index (χ3v) is 9.33. The molecule has 0 spiro atoms. The van der Waals surface area contributed by atoms with Crippen molar-refractivity contribution in [2.24, 2.45) is 11.3 Å². The minimum atomic E-state index is -3.13. The second-order valence-electron chi connectivity index (χ2n) is 9.19. The fraction of sp³-hybridized carbons (Fsp3) is 0.895. The third kappa shape index (κ3) is 3.79. The van der Waals surface area contributed by atoms with Gasteiger partial charge < -0.3 is 10.2 Å². The van der Waals surface area contributed by atoms with Crippen molar-refractivity contribution >= 4 is 15.9 Å². The number of carbonyl (C=O) groups is 1. The Morgan fingerprint density at radius 3 is 2.68 bits per heavy atom. The lowest BCUT2D eigenvalue weighted by Crippen LogP contribution is -2.56. The number of likely N-dealkylation sites (tertiary alicyclic amines) is 1. The van der Waals surface area contributed by atoms with E-state index >= 15 is 0 Å². The number of halogens is 1. The first kappa shape index (κ1) is 21.5. The first-order valence-electron chi connectivity index (χ1n) is 10.1. The molecule has 0 radical (unpaired) electrons. The van der Waals surface area contributed by atoms with E-state index in [9.17, 15) is 17.6 Å². The lowest BCUT2D eigenvalue weighted by atomic mass is 9.71. The molecule has 1 amide bonds. The Hall–Kier alpha value is -1.24. The average Bonchev–Trinajstić information content (AvgIpc) is 3.23. The second kappa shape index (κ2) is 7.54. The SMILES string of the molecule is CC1(C)[C@H](CN2CCCS2(=O)=O)CC[C@]1(C)NCC(=O)N1C[C@@H](F)C[C@H]1C#N. The largest absolute Gasteiger partial charge is 0.323 e. The van der Waals surface area contributed by atoms with E-state index < -0.39 is 22.2 Å². The molecule has 1 aliphatic carbocycles. The van der Waals surface area contributed by atoms with Crippen LogP contribution in [0.2, 0.25) is 0 Å². The standard InChI is InChI=1S/C19H31FN4O3S/c1-18(2)14(12-23-7-4-8-28(23,26)27)5-6-19(18,3)22-11-17(25)24-13-15(20)9-16(24)10-21/h14-16,22H,4-9,11-13H2,1-3H3/t14-,15-,16-,19-/m0/s1. The maximum Gasteiger partial charge on any atom is 0.237 e. The van der Waals surface area contributed by atoms with E-state index in [0.717, 1.165) is 12.8 Å². The molecule has 158 valence electrons. The number of hydrogen-bond donors (Lipinski definition) is 1. The van der Waals surface area contributed by atoms with Crippen molar-refractivity contribution in [2.75, 3.05) is 31.9 Å². The first-order valence-corrected chi connectivity index (χ1v) is 11.7. The molecule has 3 rings (SSSR count). The predicted molar refractivity (Wildman–Crippen MR) is 104 cm³/mol. The van der Waals surface area contributed by atoms with E-state index in [4.69, 9.17) is 5.26 Å². The summed E-state index contributed by atoms with van der Waals surface area (Å²) >= 11 is 0. The molecule has 28 heavy (non-hydrogen) atoms. The molecule has 0 aromatic heterocycles. The topological polar surface area (TPSA) is 93.5 Å². The van der Waals surface area contributed by atoms with Gasteiger partial charge in [-0.05, 0) is 37.5 Å². The van der Waals surface area contributed by atoms with E-state index in [-0.39, 0.29) is 48.0 Å². The maximum atomic E-state index is 13.6. The summed E-state index contributed by atoms with van der Waals surface area (Å²) in [6.45, 7) is 7.46. The summed E-state index contributed by atoms with van der Waals surface area (Å²) < 4.78 is 39.6. The molecule has 0 aromatic rings. The highest BCUT2D eigenvalue weighted by atomic mass is 32.2. The number of amides is 1. The number of carbonyl (C=O) groups excluding carboxylic acids is 1. The molecule has 1 N–H and O–H groups in total. The van der Waals surface area contributed by atoms with Gasteiger partial charge in [-0.2, -0.15) is 5.26 Å². The second-order valence-corrected chi connectivity index (χ2v) is 11.3. The van der Waals surface area contributed by atoms with Crippen LogP contribution in [0.5, 0.6) is 0 Å². The van der Waals surface area contributed by atoms with Crippen molar-refractivity contribution in [1.82, 2.24) is 14.5 Å². The Morgan fingerprint density at radius 2 is 2.07 bits per heavy atom. The molecular weight excluding hydrogens is 383 g/mol. The van der Waals surface area contributed by atoms with Gasteiger partial charge in [0.15, 0.2) is 0 Å². The normalized spacial score (nSPS) is 37.2. The molecule has 0 aromatic carbocycles. The summed E-state index contributed by atoms with van der Waals surface area (Å²) in [6.07, 6.45) is 1.34. The van der Waals surface area contributed by atoms with Gasteiger partial charge >= 0.3 is 0 Å². The molecular formula is C19H31FN4O3S. The lowest BCUT2D eigenvalue weighted by Gasteiger charge is -2.43. The fourth-order valence-electron chi connectivity index (χ4n) is 4.93. The zero-order valence-corrected chi connectivity index (χ0v) is 17.8. The molecule has 3 aliphatic rings. The van der Waals surface area contributed by atoms with Crippen molar-refractivity contribution in [1.29, 1.82) is 5.26 Å². The molecule has 7 nitrogen and oxygen atoms in total. The summed E-state index contributed by atoms with van der Waals surface area (Å²) in [6, 6.07) is 1.32. The van der Waals surface area contributed by atoms with Crippen LogP contribution < -0.4 is 5.32 Å². The van der Waals surface area contributed by atoms with E-state index in [1.165, 1.54) is 4.90 Å². The smallest absolute Gasteiger partial charge is 0.237 e. The van der Waals surface area contributed by atoms with Crippen molar-refractivity contribution in [3.63, 3.8) is 0 Å². The van der Waals surface area contributed by atoms with Crippen LogP contribution >= 0.6 is 0 Å². The van der Waals surface area contributed by atoms with Gasteiger partial charge in [0.1, 0.15) is 12.2 Å². The molecule has 0 unspecified atom stereocenters. The number of hydrogen-bond acceptors (Lipinski definition) is 5. The van der Waals surface area contributed by atoms with Crippen LogP contribution in [-0.2, 0) is 14.8 Å². The van der Waals surface area contributed by atoms with Gasteiger partial charge in [-0.15, -0.1) is 0 Å². The summed E-state index contributed by atoms with van der Waals surface area (Å²) in [5.41, 5.74) is -0.554. The lowest BCUT2D eigenvalue weighted by molar-refractivity contribution is -0.131. The van der Waals surface area contributed by atoms with Crippen molar-refractivity contribution in [3.05, 3.63) is 0 Å². The van der Waals surface area contributed by atoms with E-state index in [1.54, 1.807) is 4.31 Å². The van der Waals surface area contributed by atoms with Crippen molar-refractivity contribution in [3.8, 4) is 6.07 Å². The summed E-state index contributed by atoms with van der Waals surface area (Å²) in [5.74, 6) is 0.173. The Kier molecular flexibility index (Phi) is 5.78. The quantitative estimate of drug-likeness (QED) is 0.731. The molecule has 9 heteroatoms. The van der Waals surface area contributed by atoms with Gasteiger partial charge in [0.2, 0.25) is 15.9 Å². The molecule has 4 atom stereocenters. The Bertz CT molecular complexity index is 766. The molecule has 2 saturated heterocycles. The van der Waals surface area contributed by atoms with Crippen molar-refractivity contribution < 1.29 is 17.6 Å². The monoisotopic (exact) mass is 414 g/mol. The van der Waals surface area contributed by atoms with Crippen molar-refractivity contribution in [2.45, 2.75) is 64.2 Å². The molecule has 2 aliphatic heterocycles. The minimum Gasteiger partial charge on any atom is -0.323 e. The fourth-order valence-corrected chi connectivity index (χ4v) is 6.50. The van der Waals surface area contributed by atoms with Gasteiger partial charge in [-0.3, -0.25) is 4.79 Å². The summed E-state index contributed by atoms with van der Waals surface area (Å²) in [4.78, 5) is 13.9. The number of nitrogens with zero attached hydrogens (tertiary/aromatic N) is 3. The Labute approximate surface area is 167 Å². The zero-order chi connectivity index (χ0) is 20.7. The zero-order valence-electron chi connectivity index (χ0n) is 16.9. The van der Waals surface area contributed by atoms with E-state index in [2.05, 4.69) is 26.1 Å². The van der Waals surface area contributed by atoms with Gasteiger partial charge in [-0.1, -0.05) is 13.8 Å². The van der Waals surface area contributed by atoms with E-state index in [1.807, 2.05) is 6.07 Å². The van der Waals surface area contributed by atoms with Crippen LogP contribution in [0.25, 0.3) is 0 Å². The number of nitriles is 1. The van der Waals surface area contributed by atoms with Crippen LogP contribution in [0.15, 0.2) is 0 Å². The minimum absolute atomic E-state index is 0.0196. The van der Waals surface area contributed by atoms with Gasteiger partial charge in [0, 0.05) is 25.0 Å². The van der Waals surface area contributed by atoms with Crippen LogP contribution in [0.4, 0.5) is 4.39 Å². The van der Waals surface area contributed by atoms with Crippen LogP contribution in [0.3, 0.4) is 0 Å². The van der Waals surface area contributed by atoms with Crippen LogP contribution in [0.1, 0.15) is 46.5 Å². The Balaban J connectivity index is 1.62. The summed E-state index contributed by atoms with van der Waals surface area (Å²) in [5, 5.41) is 12.5. The predicted octanol–water partition coefficient (Wildman–Crippen LogP) is 1.27. The Morgan fingerprint density at radius 1 is 1.36 bits per heavy atom. The number of sulfonamides is 1. The molecule has 1 saturated carbocycles. The number of nitrogens with one attached hydrogen (secondary N) is 1. The average molecular weight is 415 g/mol. The third-order valence-electron chi connectivity index (χ3n) is 7.41. The highest BCUT2D eigenvalue weighted by Gasteiger charge is 2.52. The van der Waals surface area contributed by atoms with Crippen LogP contribution in [0, 0.1) is 22.7 Å². The highest BCUT2D eigenvalue weighted by Crippen LogP contribution is 2.50. The molecule has 3 fully saturated rings. The first-order chi connectivity index (χ1) is 13.0. The molecule has 0 bridgehead atoms. The number of alkyl halides is 1. The highest BCUT2D eigenvalue weighted by molar-refractivity contribution is 7.89. The molecule has 2 heterocycles. The maximum absolute atomic E-state index is 13.6. The number of rotatable bonds is 5.